The number of nitrogens with zero attached hydrogens (tertiary/aromatic N) is 4. The van der Waals surface area contributed by atoms with E-state index in [1.165, 1.54) is 33.5 Å². The van der Waals surface area contributed by atoms with E-state index in [9.17, 15) is 0 Å². The van der Waals surface area contributed by atoms with Gasteiger partial charge in [0.05, 0.1) is 11.4 Å². The summed E-state index contributed by atoms with van der Waals surface area (Å²) in [5.74, 6) is 0. The molecular weight excluding hydrogens is 633 g/mol. The van der Waals surface area contributed by atoms with Crippen LogP contribution in [0.25, 0.3) is 22.0 Å². The molecule has 3 heterocycles. The molecule has 0 unspecified atom stereocenters. The Hall–Kier alpha value is -3.66. The topological polar surface area (TPSA) is 22.6 Å². The molecule has 5 heteroatoms. The molecule has 37 heavy (non-hydrogen) atoms. The standard InChI is InChI=1S/C21H19N3.C11H8N.Ir/c1-14(2)23-13-24-19-12-11-15-7-4-5-8-16(15)20(19)22(3)17-9-6-10-18(23)21(17)24;1-2-6-10(7-3-1)11-8-4-5-9-12-11;/h4-11,13-14H,1-3H3;1-6,8-9H;/q-2;-1;+3. The number of hydrogen-bond donors (Lipinski definition) is 0. The first kappa shape index (κ1) is 25.0. The molecule has 0 atom stereocenters. The summed E-state index contributed by atoms with van der Waals surface area (Å²) >= 11 is 0. The molecule has 7 rings (SSSR count). The summed E-state index contributed by atoms with van der Waals surface area (Å²) in [6.45, 7) is 6.67. The SMILES string of the molecule is CC(C)N1[CH-]N2c3[c-]cc4ccccc4c3N(C)c3cccc1c32.[Ir+3].[c-]1ccccc1-c1ccccn1. The van der Waals surface area contributed by atoms with Gasteiger partial charge in [-0.3, -0.25) is 0 Å². The smallest absolute Gasteiger partial charge is 0.499 e. The maximum atomic E-state index is 4.22. The molecule has 1 aromatic heterocycles. The van der Waals surface area contributed by atoms with Crippen molar-refractivity contribution in [3.05, 3.63) is 116 Å². The number of aromatic nitrogens is 1. The van der Waals surface area contributed by atoms with Crippen molar-refractivity contribution in [3.8, 4) is 11.3 Å². The minimum atomic E-state index is 0. The van der Waals surface area contributed by atoms with Gasteiger partial charge in [-0.2, -0.15) is 18.8 Å². The molecule has 2 aliphatic rings. The molecule has 4 nitrogen and oxygen atoms in total. The number of anilines is 5. The Bertz CT molecular complexity index is 1480. The van der Waals surface area contributed by atoms with Gasteiger partial charge in [0.1, 0.15) is 0 Å². The van der Waals surface area contributed by atoms with Crippen LogP contribution in [-0.4, -0.2) is 18.1 Å². The van der Waals surface area contributed by atoms with Crippen LogP contribution in [0.3, 0.4) is 0 Å². The number of pyridine rings is 1. The van der Waals surface area contributed by atoms with Gasteiger partial charge in [0.2, 0.25) is 0 Å². The summed E-state index contributed by atoms with van der Waals surface area (Å²) in [7, 11) is 2.16. The van der Waals surface area contributed by atoms with E-state index < -0.39 is 0 Å². The van der Waals surface area contributed by atoms with Gasteiger partial charge in [0, 0.05) is 11.9 Å². The molecule has 0 bridgehead atoms. The van der Waals surface area contributed by atoms with Crippen molar-refractivity contribution in [1.29, 1.82) is 0 Å². The van der Waals surface area contributed by atoms with Gasteiger partial charge in [-0.15, -0.1) is 52.7 Å². The van der Waals surface area contributed by atoms with Gasteiger partial charge >= 0.3 is 20.1 Å². The Morgan fingerprint density at radius 3 is 2.35 bits per heavy atom. The third-order valence-electron chi connectivity index (χ3n) is 6.70. The van der Waals surface area contributed by atoms with Gasteiger partial charge in [0.25, 0.3) is 0 Å². The summed E-state index contributed by atoms with van der Waals surface area (Å²) < 4.78 is 0. The Morgan fingerprint density at radius 2 is 1.59 bits per heavy atom. The molecule has 0 amide bonds. The first-order valence-corrected chi connectivity index (χ1v) is 12.2. The second-order valence-corrected chi connectivity index (χ2v) is 9.25. The molecular formula is C32H27IrN4. The molecule has 0 spiro atoms. The van der Waals surface area contributed by atoms with E-state index in [0.717, 1.165) is 16.9 Å². The molecule has 184 valence electrons. The number of hydrogen-bond acceptors (Lipinski definition) is 4. The average molecular weight is 660 g/mol. The maximum absolute atomic E-state index is 4.22. The van der Waals surface area contributed by atoms with E-state index in [-0.39, 0.29) is 20.1 Å². The van der Waals surface area contributed by atoms with Crippen molar-refractivity contribution >= 4 is 39.2 Å². The molecule has 0 fully saturated rings. The Morgan fingerprint density at radius 1 is 0.811 bits per heavy atom. The fourth-order valence-electron chi connectivity index (χ4n) is 4.97. The third kappa shape index (κ3) is 4.39. The first-order chi connectivity index (χ1) is 17.6. The molecule has 2 aliphatic heterocycles. The summed E-state index contributed by atoms with van der Waals surface area (Å²) in [5.41, 5.74) is 8.12. The average Bonchev–Trinajstić information content (AvgIpc) is 3.33. The number of rotatable bonds is 2. The van der Waals surface area contributed by atoms with Gasteiger partial charge in [-0.1, -0.05) is 42.1 Å². The minimum absolute atomic E-state index is 0. The summed E-state index contributed by atoms with van der Waals surface area (Å²) in [6, 6.07) is 38.0. The van der Waals surface area contributed by atoms with Gasteiger partial charge in [-0.25, -0.2) is 0 Å². The van der Waals surface area contributed by atoms with E-state index in [4.69, 9.17) is 0 Å². The third-order valence-corrected chi connectivity index (χ3v) is 6.70. The van der Waals surface area contributed by atoms with Crippen molar-refractivity contribution in [1.82, 2.24) is 4.98 Å². The largest absolute Gasteiger partial charge is 3.00 e. The predicted octanol–water partition coefficient (Wildman–Crippen LogP) is 7.75. The van der Waals surface area contributed by atoms with Gasteiger partial charge in [-0.05, 0) is 56.5 Å². The predicted molar refractivity (Wildman–Crippen MR) is 150 cm³/mol. The van der Waals surface area contributed by atoms with E-state index >= 15 is 0 Å². The molecule has 0 N–H and O–H groups in total. The monoisotopic (exact) mass is 660 g/mol. The van der Waals surface area contributed by atoms with Crippen LogP contribution in [-0.2, 0) is 20.1 Å². The minimum Gasteiger partial charge on any atom is -0.499 e. The van der Waals surface area contributed by atoms with Crippen molar-refractivity contribution in [3.63, 3.8) is 0 Å². The molecule has 5 aromatic rings. The van der Waals surface area contributed by atoms with Crippen LogP contribution >= 0.6 is 0 Å². The van der Waals surface area contributed by atoms with Gasteiger partial charge < -0.3 is 19.7 Å². The van der Waals surface area contributed by atoms with Crippen LogP contribution in [0.1, 0.15) is 13.8 Å². The Labute approximate surface area is 232 Å². The van der Waals surface area contributed by atoms with Crippen LogP contribution in [0, 0.1) is 18.8 Å². The summed E-state index contributed by atoms with van der Waals surface area (Å²) in [5, 5.41) is 2.49. The quantitative estimate of drug-likeness (QED) is 0.181. The summed E-state index contributed by atoms with van der Waals surface area (Å²) in [6.07, 6.45) is 1.79. The molecule has 4 aromatic carbocycles. The Kier molecular flexibility index (Phi) is 7.01. The Balaban J connectivity index is 0.000000183. The number of fused-ring (bicyclic) bond motifs is 4. The normalized spacial score (nSPS) is 13.0. The van der Waals surface area contributed by atoms with E-state index in [2.05, 4.69) is 108 Å². The van der Waals surface area contributed by atoms with Crippen molar-refractivity contribution < 1.29 is 20.1 Å². The van der Waals surface area contributed by atoms with Gasteiger partial charge in [0.15, 0.2) is 0 Å². The van der Waals surface area contributed by atoms with Crippen molar-refractivity contribution in [2.75, 3.05) is 21.7 Å². The van der Waals surface area contributed by atoms with Crippen molar-refractivity contribution in [2.45, 2.75) is 19.9 Å². The zero-order chi connectivity index (χ0) is 24.6. The van der Waals surface area contributed by atoms with Crippen LogP contribution in [0.15, 0.2) is 97.2 Å². The van der Waals surface area contributed by atoms with Crippen molar-refractivity contribution in [2.24, 2.45) is 0 Å². The second kappa shape index (κ2) is 10.4. The van der Waals surface area contributed by atoms with E-state index in [0.29, 0.717) is 6.04 Å². The molecule has 0 saturated heterocycles. The van der Waals surface area contributed by atoms with Crippen LogP contribution in [0.2, 0.25) is 0 Å². The first-order valence-electron chi connectivity index (χ1n) is 12.2. The maximum Gasteiger partial charge on any atom is 3.00 e. The van der Waals surface area contributed by atoms with E-state index in [1.54, 1.807) is 6.20 Å². The number of para-hydroxylation sites is 1. The molecule has 0 radical (unpaired) electrons. The van der Waals surface area contributed by atoms with Crippen LogP contribution < -0.4 is 14.7 Å². The second-order valence-electron chi connectivity index (χ2n) is 9.25. The van der Waals surface area contributed by atoms with Crippen LogP contribution in [0.5, 0.6) is 0 Å². The molecule has 0 aliphatic carbocycles. The summed E-state index contributed by atoms with van der Waals surface area (Å²) in [4.78, 5) is 11.2. The fourth-order valence-corrected chi connectivity index (χ4v) is 4.97. The van der Waals surface area contributed by atoms with E-state index in [1.807, 2.05) is 42.5 Å². The fraction of sp³-hybridized carbons (Fsp3) is 0.125. The number of benzene rings is 4. The zero-order valence-electron chi connectivity index (χ0n) is 21.0. The molecule has 0 saturated carbocycles. The van der Waals surface area contributed by atoms with Crippen LogP contribution in [0.4, 0.5) is 28.4 Å². The zero-order valence-corrected chi connectivity index (χ0v) is 23.4.